The summed E-state index contributed by atoms with van der Waals surface area (Å²) in [4.78, 5) is 20.8. The zero-order chi connectivity index (χ0) is 17.8. The predicted octanol–water partition coefficient (Wildman–Crippen LogP) is 2.68. The lowest BCUT2D eigenvalue weighted by atomic mass is 9.89. The van der Waals surface area contributed by atoms with Crippen molar-refractivity contribution in [3.8, 4) is 0 Å². The third kappa shape index (κ3) is 2.94. The summed E-state index contributed by atoms with van der Waals surface area (Å²) in [6.45, 7) is 8.60. The molecule has 1 amide bonds. The number of hydrogen-bond donors (Lipinski definition) is 1. The normalized spacial score (nSPS) is 20.3. The van der Waals surface area contributed by atoms with E-state index in [1.165, 1.54) is 16.2 Å². The summed E-state index contributed by atoms with van der Waals surface area (Å²) < 4.78 is 2.05. The van der Waals surface area contributed by atoms with Crippen LogP contribution in [-0.2, 0) is 29.7 Å². The Labute approximate surface area is 152 Å². The molecule has 2 aliphatic rings. The van der Waals surface area contributed by atoms with Gasteiger partial charge in [0.2, 0.25) is 5.91 Å². The molecule has 0 saturated carbocycles. The number of rotatable bonds is 1. The van der Waals surface area contributed by atoms with Crippen LogP contribution in [0.3, 0.4) is 0 Å². The van der Waals surface area contributed by atoms with Gasteiger partial charge in [-0.3, -0.25) is 9.48 Å². The minimum Gasteiger partial charge on any atom is -0.375 e. The number of carbonyl (C=O) groups is 1. The fourth-order valence-electron chi connectivity index (χ4n) is 3.72. The van der Waals surface area contributed by atoms with E-state index in [1.54, 1.807) is 0 Å². The maximum Gasteiger partial charge on any atom is 0.232 e. The third-order valence-electron chi connectivity index (χ3n) is 5.15. The van der Waals surface area contributed by atoms with Crippen LogP contribution in [0.1, 0.15) is 61.5 Å². The molecule has 0 aromatic carbocycles. The molecule has 4 rings (SSSR count). The summed E-state index contributed by atoms with van der Waals surface area (Å²) in [5.74, 6) is 0.0601. The number of anilines is 1. The average Bonchev–Trinajstić information content (AvgIpc) is 3.14. The number of amides is 1. The monoisotopic (exact) mass is 359 g/mol. The number of carbonyl (C=O) groups excluding carboxylic acids is 1. The van der Waals surface area contributed by atoms with Crippen molar-refractivity contribution >= 4 is 22.4 Å². The second-order valence-electron chi connectivity index (χ2n) is 8.06. The zero-order valence-corrected chi connectivity index (χ0v) is 15.9. The smallest absolute Gasteiger partial charge is 0.232 e. The topological polar surface area (TPSA) is 77.0 Å². The Bertz CT molecular complexity index is 816. The number of nitrogens with zero attached hydrogens (tertiary/aromatic N) is 4. The van der Waals surface area contributed by atoms with E-state index < -0.39 is 0 Å². The molecule has 0 bridgehead atoms. The van der Waals surface area contributed by atoms with Crippen LogP contribution in [0.5, 0.6) is 0 Å². The standard InChI is InChI=1S/C18H25N5OS/c1-18(2,3)14-9-11-10-22(7-8-23(11)21-14)16(24)12-5-4-6-13-15(12)20-17(19)25-13/h9,12H,4-8,10H2,1-3H3,(H2,19,20). The molecule has 3 heterocycles. The molecular formula is C18H25N5OS. The van der Waals surface area contributed by atoms with Crippen LogP contribution in [0.2, 0.25) is 0 Å². The summed E-state index contributed by atoms with van der Waals surface area (Å²) in [5.41, 5.74) is 9.03. The molecule has 134 valence electrons. The van der Waals surface area contributed by atoms with E-state index >= 15 is 0 Å². The van der Waals surface area contributed by atoms with Crippen molar-refractivity contribution < 1.29 is 4.79 Å². The fraction of sp³-hybridized carbons (Fsp3) is 0.611. The highest BCUT2D eigenvalue weighted by molar-refractivity contribution is 7.15. The Morgan fingerprint density at radius 1 is 1.36 bits per heavy atom. The molecule has 0 radical (unpaired) electrons. The predicted molar refractivity (Wildman–Crippen MR) is 98.5 cm³/mol. The van der Waals surface area contributed by atoms with Crippen molar-refractivity contribution in [3.63, 3.8) is 0 Å². The Morgan fingerprint density at radius 2 is 2.16 bits per heavy atom. The van der Waals surface area contributed by atoms with Gasteiger partial charge in [-0.1, -0.05) is 20.8 Å². The first kappa shape index (κ1) is 16.6. The van der Waals surface area contributed by atoms with Gasteiger partial charge in [-0.25, -0.2) is 4.98 Å². The second kappa shape index (κ2) is 5.83. The van der Waals surface area contributed by atoms with Gasteiger partial charge < -0.3 is 10.6 Å². The van der Waals surface area contributed by atoms with Gasteiger partial charge in [0, 0.05) is 16.8 Å². The number of nitrogen functional groups attached to an aromatic ring is 1. The third-order valence-corrected chi connectivity index (χ3v) is 6.11. The van der Waals surface area contributed by atoms with Crippen LogP contribution >= 0.6 is 11.3 Å². The largest absolute Gasteiger partial charge is 0.375 e. The van der Waals surface area contributed by atoms with E-state index in [2.05, 4.69) is 36.5 Å². The summed E-state index contributed by atoms with van der Waals surface area (Å²) in [6, 6.07) is 2.15. The van der Waals surface area contributed by atoms with Gasteiger partial charge in [0.25, 0.3) is 0 Å². The summed E-state index contributed by atoms with van der Waals surface area (Å²) >= 11 is 1.53. The molecule has 2 aromatic rings. The fourth-order valence-corrected chi connectivity index (χ4v) is 4.65. The number of aryl methyl sites for hydroxylation is 1. The Morgan fingerprint density at radius 3 is 2.92 bits per heavy atom. The lowest BCUT2D eigenvalue weighted by Crippen LogP contribution is -2.41. The lowest BCUT2D eigenvalue weighted by Gasteiger charge is -2.32. The number of nitrogens with two attached hydrogens (primary N) is 1. The van der Waals surface area contributed by atoms with Crippen LogP contribution in [-0.4, -0.2) is 32.1 Å². The zero-order valence-electron chi connectivity index (χ0n) is 15.1. The first-order chi connectivity index (χ1) is 11.8. The van der Waals surface area contributed by atoms with Crippen LogP contribution in [0, 0.1) is 0 Å². The maximum atomic E-state index is 13.2. The van der Waals surface area contributed by atoms with Crippen molar-refractivity contribution in [1.29, 1.82) is 0 Å². The Hall–Kier alpha value is -1.89. The first-order valence-corrected chi connectivity index (χ1v) is 9.75. The lowest BCUT2D eigenvalue weighted by molar-refractivity contribution is -0.134. The SMILES string of the molecule is CC(C)(C)c1cc2n(n1)CCN(C(=O)C1CCCc3sc(N)nc31)C2. The summed E-state index contributed by atoms with van der Waals surface area (Å²) in [5, 5.41) is 5.30. The van der Waals surface area contributed by atoms with Gasteiger partial charge >= 0.3 is 0 Å². The minimum absolute atomic E-state index is 0.0234. The van der Waals surface area contributed by atoms with Crippen molar-refractivity contribution in [3.05, 3.63) is 28.0 Å². The molecule has 6 nitrogen and oxygen atoms in total. The molecule has 1 unspecified atom stereocenters. The Kier molecular flexibility index (Phi) is 3.86. The molecule has 0 spiro atoms. The molecule has 1 aliphatic heterocycles. The minimum atomic E-state index is -0.131. The van der Waals surface area contributed by atoms with Crippen molar-refractivity contribution in [2.75, 3.05) is 12.3 Å². The highest BCUT2D eigenvalue weighted by Gasteiger charge is 2.34. The van der Waals surface area contributed by atoms with E-state index in [1.807, 2.05) is 4.90 Å². The Balaban J connectivity index is 1.56. The number of aromatic nitrogens is 3. The molecule has 0 fully saturated rings. The maximum absolute atomic E-state index is 13.2. The molecule has 1 aliphatic carbocycles. The van der Waals surface area contributed by atoms with Crippen molar-refractivity contribution in [2.45, 2.75) is 64.5 Å². The first-order valence-electron chi connectivity index (χ1n) is 8.94. The van der Waals surface area contributed by atoms with E-state index in [0.717, 1.165) is 42.9 Å². The molecule has 7 heteroatoms. The molecular weight excluding hydrogens is 334 g/mol. The molecule has 2 N–H and O–H groups in total. The molecule has 25 heavy (non-hydrogen) atoms. The number of thiazole rings is 1. The highest BCUT2D eigenvalue weighted by Crippen LogP contribution is 2.37. The highest BCUT2D eigenvalue weighted by atomic mass is 32.1. The van der Waals surface area contributed by atoms with E-state index in [0.29, 0.717) is 18.2 Å². The number of hydrogen-bond acceptors (Lipinski definition) is 5. The van der Waals surface area contributed by atoms with Crippen LogP contribution in [0.4, 0.5) is 5.13 Å². The van der Waals surface area contributed by atoms with Gasteiger partial charge in [0.05, 0.1) is 36.1 Å². The summed E-state index contributed by atoms with van der Waals surface area (Å²) in [6.07, 6.45) is 2.90. The van der Waals surface area contributed by atoms with Gasteiger partial charge in [-0.05, 0) is 25.3 Å². The molecule has 1 atom stereocenters. The number of fused-ring (bicyclic) bond motifs is 2. The quantitative estimate of drug-likeness (QED) is 0.849. The van der Waals surface area contributed by atoms with Crippen molar-refractivity contribution in [1.82, 2.24) is 19.7 Å². The molecule has 0 saturated heterocycles. The second-order valence-corrected chi connectivity index (χ2v) is 9.17. The van der Waals surface area contributed by atoms with Crippen LogP contribution in [0.15, 0.2) is 6.07 Å². The van der Waals surface area contributed by atoms with Gasteiger partial charge in [0.1, 0.15) is 0 Å². The van der Waals surface area contributed by atoms with E-state index in [-0.39, 0.29) is 17.2 Å². The van der Waals surface area contributed by atoms with Gasteiger partial charge in [-0.2, -0.15) is 5.10 Å². The summed E-state index contributed by atoms with van der Waals surface area (Å²) in [7, 11) is 0. The van der Waals surface area contributed by atoms with Crippen molar-refractivity contribution in [2.24, 2.45) is 0 Å². The van der Waals surface area contributed by atoms with Crippen LogP contribution < -0.4 is 5.73 Å². The van der Waals surface area contributed by atoms with E-state index in [9.17, 15) is 4.79 Å². The average molecular weight is 359 g/mol. The molecule has 2 aromatic heterocycles. The van der Waals surface area contributed by atoms with Gasteiger partial charge in [-0.15, -0.1) is 11.3 Å². The van der Waals surface area contributed by atoms with E-state index in [4.69, 9.17) is 10.8 Å². The van der Waals surface area contributed by atoms with Gasteiger partial charge in [0.15, 0.2) is 5.13 Å². The van der Waals surface area contributed by atoms with Crippen LogP contribution in [0.25, 0.3) is 0 Å².